The van der Waals surface area contributed by atoms with E-state index in [1.807, 2.05) is 18.2 Å². The van der Waals surface area contributed by atoms with Crippen molar-refractivity contribution in [1.29, 1.82) is 0 Å². The number of ether oxygens (including phenoxy) is 3. The highest BCUT2D eigenvalue weighted by Crippen LogP contribution is 2.47. The fraction of sp³-hybridized carbons (Fsp3) is 0.280. The van der Waals surface area contributed by atoms with Crippen LogP contribution in [0.2, 0.25) is 0 Å². The Bertz CT molecular complexity index is 1200. The predicted octanol–water partition coefficient (Wildman–Crippen LogP) is 4.09. The molecule has 0 saturated heterocycles. The summed E-state index contributed by atoms with van der Waals surface area (Å²) < 4.78 is 30.7. The Balaban J connectivity index is 1.58. The molecule has 3 aliphatic rings. The van der Waals surface area contributed by atoms with E-state index in [0.717, 1.165) is 5.56 Å². The predicted molar refractivity (Wildman–Crippen MR) is 114 cm³/mol. The van der Waals surface area contributed by atoms with Crippen molar-refractivity contribution in [2.75, 3.05) is 13.9 Å². The van der Waals surface area contributed by atoms with E-state index in [9.17, 15) is 14.0 Å². The van der Waals surface area contributed by atoms with Crippen LogP contribution < -0.4 is 14.8 Å². The van der Waals surface area contributed by atoms with E-state index in [1.165, 1.54) is 13.2 Å². The minimum Gasteiger partial charge on any atom is -0.466 e. The van der Waals surface area contributed by atoms with Crippen molar-refractivity contribution >= 4 is 11.8 Å². The maximum atomic E-state index is 14.8. The molecule has 2 heterocycles. The Morgan fingerprint density at radius 3 is 2.69 bits per heavy atom. The monoisotopic (exact) mass is 435 g/mol. The number of dihydropyridines is 1. The van der Waals surface area contributed by atoms with Crippen molar-refractivity contribution in [3.05, 3.63) is 81.9 Å². The van der Waals surface area contributed by atoms with Crippen molar-refractivity contribution < 1.29 is 28.2 Å². The van der Waals surface area contributed by atoms with Gasteiger partial charge in [0.15, 0.2) is 17.3 Å². The van der Waals surface area contributed by atoms with E-state index < -0.39 is 17.7 Å². The second-order valence-electron chi connectivity index (χ2n) is 8.14. The number of nitrogens with one attached hydrogen (secondary N) is 1. The van der Waals surface area contributed by atoms with Crippen LogP contribution in [0.3, 0.4) is 0 Å². The highest BCUT2D eigenvalue weighted by Gasteiger charge is 2.42. The van der Waals surface area contributed by atoms with Crippen molar-refractivity contribution in [2.45, 2.75) is 31.6 Å². The summed E-state index contributed by atoms with van der Waals surface area (Å²) in [7, 11) is 1.28. The van der Waals surface area contributed by atoms with Gasteiger partial charge in [-0.3, -0.25) is 4.79 Å². The van der Waals surface area contributed by atoms with Gasteiger partial charge in [0.25, 0.3) is 0 Å². The van der Waals surface area contributed by atoms with Gasteiger partial charge in [0.2, 0.25) is 6.79 Å². The van der Waals surface area contributed by atoms with Gasteiger partial charge in [-0.05, 0) is 43.0 Å². The smallest absolute Gasteiger partial charge is 0.336 e. The molecular weight excluding hydrogens is 413 g/mol. The quantitative estimate of drug-likeness (QED) is 0.733. The number of carbonyl (C=O) groups is 2. The number of halogens is 1. The van der Waals surface area contributed by atoms with Crippen LogP contribution in [0.15, 0.2) is 65.0 Å². The number of Topliss-reactive ketones (excluding diaryl/α,β-unsaturated/α-hetero) is 1. The molecule has 2 aromatic rings. The zero-order valence-electron chi connectivity index (χ0n) is 17.7. The Kier molecular flexibility index (Phi) is 4.96. The number of allylic oxidation sites excluding steroid dienone is 3. The number of rotatable bonds is 3. The molecule has 2 atom stereocenters. The van der Waals surface area contributed by atoms with Crippen LogP contribution in [0, 0.1) is 5.82 Å². The minimum atomic E-state index is -0.815. The first kappa shape index (κ1) is 20.3. The highest BCUT2D eigenvalue weighted by molar-refractivity contribution is 6.04. The lowest BCUT2D eigenvalue weighted by Crippen LogP contribution is -2.36. The zero-order chi connectivity index (χ0) is 22.4. The van der Waals surface area contributed by atoms with Crippen LogP contribution in [0.4, 0.5) is 4.39 Å². The number of esters is 1. The standard InChI is InChI=1S/C25H22FNO5/c1-13-22(25(29)30-2)23(16-5-3-4-6-17(16)26)24-18(27-13)9-15(10-19(24)28)14-7-8-20-21(11-14)32-12-31-20/h3-8,11,15,23,27H,9-10,12H2,1-2H3/t15-,23+/m1/s1. The fourth-order valence-corrected chi connectivity index (χ4v) is 4.84. The Morgan fingerprint density at radius 1 is 1.12 bits per heavy atom. The summed E-state index contributed by atoms with van der Waals surface area (Å²) in [5.41, 5.74) is 3.21. The lowest BCUT2D eigenvalue weighted by atomic mass is 9.71. The first-order valence-electron chi connectivity index (χ1n) is 10.4. The zero-order valence-corrected chi connectivity index (χ0v) is 17.7. The van der Waals surface area contributed by atoms with Crippen LogP contribution in [0.5, 0.6) is 11.5 Å². The first-order valence-corrected chi connectivity index (χ1v) is 10.4. The second kappa shape index (κ2) is 7.82. The van der Waals surface area contributed by atoms with Crippen LogP contribution in [0.1, 0.15) is 42.7 Å². The Morgan fingerprint density at radius 2 is 1.91 bits per heavy atom. The maximum absolute atomic E-state index is 14.8. The molecule has 1 aliphatic carbocycles. The van der Waals surface area contributed by atoms with Crippen LogP contribution in [-0.4, -0.2) is 25.7 Å². The molecule has 0 unspecified atom stereocenters. The van der Waals surface area contributed by atoms with Gasteiger partial charge in [-0.1, -0.05) is 24.3 Å². The molecule has 2 aromatic carbocycles. The average Bonchev–Trinajstić information content (AvgIpc) is 3.26. The molecule has 0 fully saturated rings. The number of benzene rings is 2. The van der Waals surface area contributed by atoms with Gasteiger partial charge >= 0.3 is 5.97 Å². The van der Waals surface area contributed by atoms with Crippen LogP contribution in [-0.2, 0) is 14.3 Å². The molecule has 1 N–H and O–H groups in total. The normalized spacial score (nSPS) is 21.9. The summed E-state index contributed by atoms with van der Waals surface area (Å²) in [6, 6.07) is 11.9. The summed E-state index contributed by atoms with van der Waals surface area (Å²) in [5, 5.41) is 3.24. The largest absolute Gasteiger partial charge is 0.466 e. The summed E-state index contributed by atoms with van der Waals surface area (Å²) >= 11 is 0. The summed E-state index contributed by atoms with van der Waals surface area (Å²) in [6.45, 7) is 1.93. The van der Waals surface area contributed by atoms with Gasteiger partial charge in [-0.25, -0.2) is 9.18 Å². The van der Waals surface area contributed by atoms with Gasteiger partial charge in [0.05, 0.1) is 18.6 Å². The second-order valence-corrected chi connectivity index (χ2v) is 8.14. The van der Waals surface area contributed by atoms with E-state index in [-0.39, 0.29) is 36.1 Å². The summed E-state index contributed by atoms with van der Waals surface area (Å²) in [4.78, 5) is 26.1. The molecule has 0 amide bonds. The molecule has 32 heavy (non-hydrogen) atoms. The van der Waals surface area contributed by atoms with Gasteiger partial charge < -0.3 is 19.5 Å². The molecule has 7 heteroatoms. The van der Waals surface area contributed by atoms with E-state index in [2.05, 4.69) is 5.32 Å². The lowest BCUT2D eigenvalue weighted by Gasteiger charge is -2.36. The van der Waals surface area contributed by atoms with Gasteiger partial charge in [-0.15, -0.1) is 0 Å². The lowest BCUT2D eigenvalue weighted by molar-refractivity contribution is -0.136. The van der Waals surface area contributed by atoms with Crippen molar-refractivity contribution in [3.8, 4) is 11.5 Å². The first-order chi connectivity index (χ1) is 15.5. The Labute approximate surface area is 184 Å². The molecule has 0 spiro atoms. The number of carbonyl (C=O) groups excluding carboxylic acids is 2. The van der Waals surface area contributed by atoms with Gasteiger partial charge in [-0.2, -0.15) is 0 Å². The molecular formula is C25H22FNO5. The van der Waals surface area contributed by atoms with Crippen molar-refractivity contribution in [1.82, 2.24) is 5.32 Å². The van der Waals surface area contributed by atoms with Crippen LogP contribution >= 0.6 is 0 Å². The molecule has 0 saturated carbocycles. The molecule has 6 nitrogen and oxygen atoms in total. The molecule has 0 aromatic heterocycles. The fourth-order valence-electron chi connectivity index (χ4n) is 4.84. The third kappa shape index (κ3) is 3.25. The van der Waals surface area contributed by atoms with Crippen LogP contribution in [0.25, 0.3) is 0 Å². The maximum Gasteiger partial charge on any atom is 0.336 e. The summed E-state index contributed by atoms with van der Waals surface area (Å²) in [5.74, 6) is -0.704. The minimum absolute atomic E-state index is 0.0722. The molecule has 164 valence electrons. The van der Waals surface area contributed by atoms with Gasteiger partial charge in [0, 0.05) is 29.0 Å². The van der Waals surface area contributed by atoms with Crippen molar-refractivity contribution in [3.63, 3.8) is 0 Å². The topological polar surface area (TPSA) is 73.9 Å². The van der Waals surface area contributed by atoms with E-state index in [1.54, 1.807) is 25.1 Å². The Hall–Kier alpha value is -3.61. The average molecular weight is 435 g/mol. The van der Waals surface area contributed by atoms with E-state index in [0.29, 0.717) is 34.9 Å². The van der Waals surface area contributed by atoms with Gasteiger partial charge in [0.1, 0.15) is 5.82 Å². The van der Waals surface area contributed by atoms with E-state index in [4.69, 9.17) is 14.2 Å². The highest BCUT2D eigenvalue weighted by atomic mass is 19.1. The summed E-state index contributed by atoms with van der Waals surface area (Å²) in [6.07, 6.45) is 0.802. The number of fused-ring (bicyclic) bond motifs is 1. The SMILES string of the molecule is COC(=O)C1=C(C)NC2=C(C(=O)C[C@H](c3ccc4c(c3)OCO4)C2)[C@H]1c1ccccc1F. The third-order valence-electron chi connectivity index (χ3n) is 6.32. The number of hydrogen-bond donors (Lipinski definition) is 1. The number of ketones is 1. The van der Waals surface area contributed by atoms with E-state index >= 15 is 0 Å². The molecule has 5 rings (SSSR count). The number of methoxy groups -OCH3 is 1. The molecule has 2 aliphatic heterocycles. The van der Waals surface area contributed by atoms with Crippen molar-refractivity contribution in [2.24, 2.45) is 0 Å². The molecule has 0 radical (unpaired) electrons. The molecule has 0 bridgehead atoms. The third-order valence-corrected chi connectivity index (χ3v) is 6.32. The number of hydrogen-bond acceptors (Lipinski definition) is 6.